The lowest BCUT2D eigenvalue weighted by Crippen LogP contribution is -2.07. The molecule has 0 aromatic heterocycles. The van der Waals surface area contributed by atoms with Gasteiger partial charge in [0, 0.05) is 5.56 Å². The Kier molecular flexibility index (Phi) is 7.05. The number of hydrogen-bond acceptors (Lipinski definition) is 2. The molecule has 0 bridgehead atoms. The fraction of sp³-hybridized carbons (Fsp3) is 0.409. The molecule has 128 valence electrons. The Labute approximate surface area is 145 Å². The minimum Gasteiger partial charge on any atom is -0.494 e. The van der Waals surface area contributed by atoms with Crippen molar-refractivity contribution in [1.82, 2.24) is 0 Å². The summed E-state index contributed by atoms with van der Waals surface area (Å²) in [5, 5.41) is 0. The van der Waals surface area contributed by atoms with Gasteiger partial charge >= 0.3 is 0 Å². The van der Waals surface area contributed by atoms with Crippen molar-refractivity contribution in [2.24, 2.45) is 5.92 Å². The van der Waals surface area contributed by atoms with Crippen molar-refractivity contribution in [2.75, 3.05) is 6.61 Å². The molecule has 0 heterocycles. The van der Waals surface area contributed by atoms with Crippen LogP contribution in [0.15, 0.2) is 42.5 Å². The Morgan fingerprint density at radius 2 is 1.79 bits per heavy atom. The van der Waals surface area contributed by atoms with Gasteiger partial charge in [-0.3, -0.25) is 4.79 Å². The van der Waals surface area contributed by atoms with E-state index in [9.17, 15) is 4.79 Å². The van der Waals surface area contributed by atoms with Gasteiger partial charge in [0.25, 0.3) is 0 Å². The zero-order valence-electron chi connectivity index (χ0n) is 15.0. The molecule has 0 fully saturated rings. The number of aldehydes is 1. The van der Waals surface area contributed by atoms with Crippen LogP contribution in [0.1, 0.15) is 53.2 Å². The van der Waals surface area contributed by atoms with E-state index in [2.05, 4.69) is 39.0 Å². The Morgan fingerprint density at radius 1 is 1.04 bits per heavy atom. The van der Waals surface area contributed by atoms with Crippen LogP contribution in [0.2, 0.25) is 0 Å². The van der Waals surface area contributed by atoms with Crippen molar-refractivity contribution in [3.63, 3.8) is 0 Å². The summed E-state index contributed by atoms with van der Waals surface area (Å²) in [5.74, 6) is 1.54. The highest BCUT2D eigenvalue weighted by atomic mass is 16.5. The van der Waals surface area contributed by atoms with Gasteiger partial charge in [-0.25, -0.2) is 0 Å². The van der Waals surface area contributed by atoms with Crippen molar-refractivity contribution in [3.05, 3.63) is 64.7 Å². The smallest absolute Gasteiger partial charge is 0.150 e. The topological polar surface area (TPSA) is 26.3 Å². The Morgan fingerprint density at radius 3 is 2.42 bits per heavy atom. The summed E-state index contributed by atoms with van der Waals surface area (Å²) >= 11 is 0. The van der Waals surface area contributed by atoms with Crippen molar-refractivity contribution >= 4 is 6.29 Å². The third-order valence-corrected chi connectivity index (χ3v) is 4.71. The van der Waals surface area contributed by atoms with E-state index in [1.807, 2.05) is 12.1 Å². The molecule has 0 unspecified atom stereocenters. The van der Waals surface area contributed by atoms with Crippen molar-refractivity contribution in [1.29, 1.82) is 0 Å². The SMILES string of the molecule is CC[C@@H](CCCOc1ccc(C=O)cc1)Cc1ccc(C)c(C)c1. The fourth-order valence-electron chi connectivity index (χ4n) is 2.92. The normalized spacial score (nSPS) is 12.0. The Hall–Kier alpha value is -2.09. The van der Waals surface area contributed by atoms with Gasteiger partial charge in [0.1, 0.15) is 12.0 Å². The zero-order valence-corrected chi connectivity index (χ0v) is 15.0. The van der Waals surface area contributed by atoms with Crippen molar-refractivity contribution in [3.8, 4) is 5.75 Å². The number of ether oxygens (including phenoxy) is 1. The first-order valence-corrected chi connectivity index (χ1v) is 8.86. The number of rotatable bonds is 9. The molecule has 0 aliphatic carbocycles. The van der Waals surface area contributed by atoms with Gasteiger partial charge in [-0.05, 0) is 80.0 Å². The molecule has 0 radical (unpaired) electrons. The molecule has 0 saturated carbocycles. The first kappa shape index (κ1) is 18.3. The third kappa shape index (κ3) is 5.52. The molecule has 0 aliphatic heterocycles. The third-order valence-electron chi connectivity index (χ3n) is 4.71. The van der Waals surface area contributed by atoms with Crippen LogP contribution < -0.4 is 4.74 Å². The molecule has 2 rings (SSSR count). The lowest BCUT2D eigenvalue weighted by Gasteiger charge is -2.16. The Balaban J connectivity index is 1.76. The van der Waals surface area contributed by atoms with E-state index in [1.165, 1.54) is 29.5 Å². The van der Waals surface area contributed by atoms with Crippen LogP contribution in [0.5, 0.6) is 5.75 Å². The maximum atomic E-state index is 10.6. The first-order chi connectivity index (χ1) is 11.6. The van der Waals surface area contributed by atoms with Gasteiger partial charge < -0.3 is 4.74 Å². The monoisotopic (exact) mass is 324 g/mol. The molecule has 2 nitrogen and oxygen atoms in total. The van der Waals surface area contributed by atoms with Gasteiger partial charge in [0.2, 0.25) is 0 Å². The van der Waals surface area contributed by atoms with E-state index in [0.717, 1.165) is 31.5 Å². The molecular formula is C22H28O2. The second-order valence-corrected chi connectivity index (χ2v) is 6.57. The van der Waals surface area contributed by atoms with Gasteiger partial charge in [0.15, 0.2) is 0 Å². The van der Waals surface area contributed by atoms with Gasteiger partial charge in [-0.15, -0.1) is 0 Å². The number of hydrogen-bond donors (Lipinski definition) is 0. The number of carbonyl (C=O) groups is 1. The van der Waals surface area contributed by atoms with Crippen LogP contribution in [0.25, 0.3) is 0 Å². The fourth-order valence-corrected chi connectivity index (χ4v) is 2.92. The van der Waals surface area contributed by atoms with E-state index in [0.29, 0.717) is 11.5 Å². The predicted molar refractivity (Wildman–Crippen MR) is 100.0 cm³/mol. The maximum absolute atomic E-state index is 10.6. The van der Waals surface area contributed by atoms with Crippen LogP contribution in [0.3, 0.4) is 0 Å². The lowest BCUT2D eigenvalue weighted by atomic mass is 9.91. The molecule has 2 aromatic carbocycles. The van der Waals surface area contributed by atoms with E-state index >= 15 is 0 Å². The predicted octanol–water partition coefficient (Wildman–Crippen LogP) is 5.54. The molecule has 24 heavy (non-hydrogen) atoms. The quantitative estimate of drug-likeness (QED) is 0.447. The molecule has 1 atom stereocenters. The summed E-state index contributed by atoms with van der Waals surface area (Å²) in [6.07, 6.45) is 5.42. The summed E-state index contributed by atoms with van der Waals surface area (Å²) in [6, 6.07) is 14.1. The minimum absolute atomic E-state index is 0.682. The van der Waals surface area contributed by atoms with Gasteiger partial charge in [-0.2, -0.15) is 0 Å². The van der Waals surface area contributed by atoms with Gasteiger partial charge in [0.05, 0.1) is 6.61 Å². The second-order valence-electron chi connectivity index (χ2n) is 6.57. The second kappa shape index (κ2) is 9.27. The summed E-state index contributed by atoms with van der Waals surface area (Å²) < 4.78 is 5.77. The van der Waals surface area contributed by atoms with Crippen LogP contribution in [0, 0.1) is 19.8 Å². The van der Waals surface area contributed by atoms with Crippen molar-refractivity contribution < 1.29 is 9.53 Å². The van der Waals surface area contributed by atoms with E-state index in [1.54, 1.807) is 12.1 Å². The average molecular weight is 324 g/mol. The highest BCUT2D eigenvalue weighted by Gasteiger charge is 2.08. The van der Waals surface area contributed by atoms with E-state index in [-0.39, 0.29) is 0 Å². The molecule has 0 saturated heterocycles. The summed E-state index contributed by atoms with van der Waals surface area (Å²) in [7, 11) is 0. The number of carbonyl (C=O) groups excluding carboxylic acids is 1. The summed E-state index contributed by atoms with van der Waals surface area (Å²) in [5.41, 5.74) is 4.86. The van der Waals surface area contributed by atoms with Crippen LogP contribution in [0.4, 0.5) is 0 Å². The van der Waals surface area contributed by atoms with Crippen molar-refractivity contribution in [2.45, 2.75) is 46.5 Å². The van der Waals surface area contributed by atoms with Crippen LogP contribution in [-0.4, -0.2) is 12.9 Å². The highest BCUT2D eigenvalue weighted by Crippen LogP contribution is 2.20. The molecule has 0 spiro atoms. The summed E-state index contributed by atoms with van der Waals surface area (Å²) in [4.78, 5) is 10.6. The number of aryl methyl sites for hydroxylation is 2. The lowest BCUT2D eigenvalue weighted by molar-refractivity contribution is 0.112. The van der Waals surface area contributed by atoms with E-state index < -0.39 is 0 Å². The van der Waals surface area contributed by atoms with Crippen LogP contribution in [-0.2, 0) is 6.42 Å². The van der Waals surface area contributed by atoms with Crippen LogP contribution >= 0.6 is 0 Å². The standard InChI is InChI=1S/C22H28O2/c1-4-19(15-21-8-7-17(2)18(3)14-21)6-5-13-24-22-11-9-20(16-23)10-12-22/h7-12,14,16,19H,4-6,13,15H2,1-3H3/t19-/m0/s1. The molecule has 2 aromatic rings. The zero-order chi connectivity index (χ0) is 17.4. The van der Waals surface area contributed by atoms with Gasteiger partial charge in [-0.1, -0.05) is 31.5 Å². The molecule has 0 amide bonds. The molecule has 0 N–H and O–H groups in total. The summed E-state index contributed by atoms with van der Waals surface area (Å²) in [6.45, 7) is 7.34. The molecular weight excluding hydrogens is 296 g/mol. The minimum atomic E-state index is 0.682. The largest absolute Gasteiger partial charge is 0.494 e. The number of benzene rings is 2. The average Bonchev–Trinajstić information content (AvgIpc) is 2.61. The highest BCUT2D eigenvalue weighted by molar-refractivity contribution is 5.74. The Bertz CT molecular complexity index is 644. The van der Waals surface area contributed by atoms with E-state index in [4.69, 9.17) is 4.74 Å². The first-order valence-electron chi connectivity index (χ1n) is 8.86. The maximum Gasteiger partial charge on any atom is 0.150 e. The molecule has 2 heteroatoms. The molecule has 0 aliphatic rings.